The summed E-state index contributed by atoms with van der Waals surface area (Å²) < 4.78 is 32.6. The van der Waals surface area contributed by atoms with Crippen molar-refractivity contribution in [1.82, 2.24) is 15.4 Å². The first-order valence-corrected chi connectivity index (χ1v) is 12.9. The highest BCUT2D eigenvalue weighted by Gasteiger charge is 2.27. The fraction of sp³-hybridized carbons (Fsp3) is 0.348. The molecule has 2 aromatic carbocycles. The van der Waals surface area contributed by atoms with E-state index in [9.17, 15) is 22.8 Å². The predicted octanol–water partition coefficient (Wildman–Crippen LogP) is 2.91. The van der Waals surface area contributed by atoms with Gasteiger partial charge in [0.25, 0.3) is 5.91 Å². The molecular formula is C23H27Cl2N3O6S. The molecule has 0 aliphatic carbocycles. The van der Waals surface area contributed by atoms with Crippen molar-refractivity contribution in [3.8, 4) is 0 Å². The summed E-state index contributed by atoms with van der Waals surface area (Å²) in [5, 5.41) is 5.71. The average Bonchev–Trinajstić information content (AvgIpc) is 2.80. The Bertz CT molecular complexity index is 1170. The Balaban J connectivity index is 2.05. The van der Waals surface area contributed by atoms with Crippen LogP contribution in [0.3, 0.4) is 0 Å². The normalized spacial score (nSPS) is 12.2. The van der Waals surface area contributed by atoms with Gasteiger partial charge in [-0.25, -0.2) is 8.42 Å². The first-order chi connectivity index (χ1) is 16.4. The smallest absolute Gasteiger partial charge is 0.325 e. The largest absolute Gasteiger partial charge is 0.468 e. The molecule has 2 rings (SSSR count). The maximum Gasteiger partial charge on any atom is 0.325 e. The molecule has 2 amide bonds. The number of carbonyl (C=O) groups excluding carboxylic acids is 3. The number of carbonyl (C=O) groups is 3. The van der Waals surface area contributed by atoms with Crippen molar-refractivity contribution in [2.24, 2.45) is 5.92 Å². The Morgan fingerprint density at radius 3 is 2.23 bits per heavy atom. The van der Waals surface area contributed by atoms with E-state index >= 15 is 0 Å². The van der Waals surface area contributed by atoms with Crippen molar-refractivity contribution >= 4 is 51.0 Å². The van der Waals surface area contributed by atoms with Gasteiger partial charge in [0.2, 0.25) is 15.9 Å². The fourth-order valence-electron chi connectivity index (χ4n) is 3.03. The van der Waals surface area contributed by atoms with E-state index in [-0.39, 0.29) is 40.9 Å². The lowest BCUT2D eigenvalue weighted by atomic mass is 10.0. The molecule has 0 spiro atoms. The van der Waals surface area contributed by atoms with Crippen LogP contribution in [0.25, 0.3) is 0 Å². The molecule has 0 radical (unpaired) electrons. The van der Waals surface area contributed by atoms with Gasteiger partial charge in [0, 0.05) is 11.6 Å². The molecular weight excluding hydrogens is 517 g/mol. The highest BCUT2D eigenvalue weighted by atomic mass is 35.5. The minimum absolute atomic E-state index is 0.00621. The predicted molar refractivity (Wildman–Crippen MR) is 133 cm³/mol. The van der Waals surface area contributed by atoms with Crippen LogP contribution in [0, 0.1) is 5.92 Å². The number of ether oxygens (including phenoxy) is 1. The summed E-state index contributed by atoms with van der Waals surface area (Å²) in [6.07, 6.45) is 0.226. The summed E-state index contributed by atoms with van der Waals surface area (Å²) in [4.78, 5) is 36.1. The number of benzene rings is 2. The third kappa shape index (κ3) is 8.81. The van der Waals surface area contributed by atoms with Crippen LogP contribution in [-0.4, -0.2) is 45.9 Å². The van der Waals surface area contributed by atoms with Crippen LogP contribution >= 0.6 is 23.2 Å². The van der Waals surface area contributed by atoms with Crippen LogP contribution in [0.2, 0.25) is 10.0 Å². The van der Waals surface area contributed by atoms with E-state index in [1.54, 1.807) is 18.2 Å². The molecule has 12 heteroatoms. The van der Waals surface area contributed by atoms with Crippen molar-refractivity contribution < 1.29 is 27.5 Å². The molecule has 0 bridgehead atoms. The van der Waals surface area contributed by atoms with Crippen molar-refractivity contribution in [3.63, 3.8) is 0 Å². The van der Waals surface area contributed by atoms with Crippen LogP contribution in [0.5, 0.6) is 0 Å². The van der Waals surface area contributed by atoms with Gasteiger partial charge in [-0.1, -0.05) is 49.2 Å². The molecule has 0 unspecified atom stereocenters. The fourth-order valence-corrected chi connectivity index (χ4v) is 4.73. The molecule has 3 N–H and O–H groups in total. The summed E-state index contributed by atoms with van der Waals surface area (Å²) in [6, 6.07) is 9.30. The van der Waals surface area contributed by atoms with E-state index in [2.05, 4.69) is 20.1 Å². The number of sulfonamides is 1. The van der Waals surface area contributed by atoms with Crippen LogP contribution in [0.1, 0.15) is 36.2 Å². The summed E-state index contributed by atoms with van der Waals surface area (Å²) in [5.41, 5.74) is 0.915. The molecule has 0 heterocycles. The molecule has 2 aromatic rings. The van der Waals surface area contributed by atoms with Crippen LogP contribution in [-0.2, 0) is 30.9 Å². The van der Waals surface area contributed by atoms with Crippen molar-refractivity contribution in [2.45, 2.75) is 37.8 Å². The third-order valence-electron chi connectivity index (χ3n) is 4.82. The lowest BCUT2D eigenvalue weighted by Gasteiger charge is -2.20. The van der Waals surface area contributed by atoms with Gasteiger partial charge >= 0.3 is 5.97 Å². The molecule has 0 saturated heterocycles. The maximum absolute atomic E-state index is 12.9. The number of nitrogens with one attached hydrogen (secondary N) is 3. The first kappa shape index (κ1) is 28.6. The molecule has 35 heavy (non-hydrogen) atoms. The van der Waals surface area contributed by atoms with E-state index in [0.29, 0.717) is 10.6 Å². The molecule has 0 aromatic heterocycles. The second-order valence-electron chi connectivity index (χ2n) is 8.05. The number of halogens is 2. The average molecular weight is 544 g/mol. The molecule has 1 atom stereocenters. The quantitative estimate of drug-likeness (QED) is 0.373. The van der Waals surface area contributed by atoms with Crippen LogP contribution in [0.15, 0.2) is 47.4 Å². The second kappa shape index (κ2) is 12.9. The van der Waals surface area contributed by atoms with E-state index < -0.39 is 33.8 Å². The molecule has 190 valence electrons. The Hall–Kier alpha value is -2.66. The summed E-state index contributed by atoms with van der Waals surface area (Å²) in [5.74, 6) is -1.68. The molecule has 0 aliphatic rings. The lowest BCUT2D eigenvalue weighted by molar-refractivity contribution is -0.141. The van der Waals surface area contributed by atoms with E-state index in [4.69, 9.17) is 23.2 Å². The topological polar surface area (TPSA) is 131 Å². The van der Waals surface area contributed by atoms with Crippen LogP contribution < -0.4 is 15.4 Å². The number of hydrogen-bond donors (Lipinski definition) is 3. The third-order valence-corrected chi connectivity index (χ3v) is 6.85. The second-order valence-corrected chi connectivity index (χ2v) is 10.6. The van der Waals surface area contributed by atoms with Gasteiger partial charge in [0.1, 0.15) is 12.6 Å². The number of amides is 2. The first-order valence-electron chi connectivity index (χ1n) is 10.6. The van der Waals surface area contributed by atoms with Gasteiger partial charge in [-0.3, -0.25) is 14.4 Å². The summed E-state index contributed by atoms with van der Waals surface area (Å²) >= 11 is 11.9. The Morgan fingerprint density at radius 1 is 1.00 bits per heavy atom. The van der Waals surface area contributed by atoms with E-state index in [0.717, 1.165) is 0 Å². The highest BCUT2D eigenvalue weighted by molar-refractivity contribution is 7.89. The van der Waals surface area contributed by atoms with Crippen molar-refractivity contribution in [1.29, 1.82) is 0 Å². The summed E-state index contributed by atoms with van der Waals surface area (Å²) in [7, 11) is -2.85. The van der Waals surface area contributed by atoms with Crippen LogP contribution in [0.4, 0.5) is 0 Å². The highest BCUT2D eigenvalue weighted by Crippen LogP contribution is 2.21. The van der Waals surface area contributed by atoms with Gasteiger partial charge in [-0.05, 0) is 48.2 Å². The van der Waals surface area contributed by atoms with E-state index in [1.165, 1.54) is 31.4 Å². The van der Waals surface area contributed by atoms with Crippen molar-refractivity contribution in [3.05, 3.63) is 63.6 Å². The van der Waals surface area contributed by atoms with Gasteiger partial charge in [0.15, 0.2) is 0 Å². The molecule has 0 aliphatic heterocycles. The monoisotopic (exact) mass is 543 g/mol. The Labute approximate surface area is 214 Å². The molecule has 0 saturated carbocycles. The van der Waals surface area contributed by atoms with Gasteiger partial charge < -0.3 is 15.4 Å². The number of esters is 1. The number of rotatable bonds is 11. The zero-order valence-corrected chi connectivity index (χ0v) is 21.8. The minimum atomic E-state index is -4.04. The van der Waals surface area contributed by atoms with Gasteiger partial charge in [-0.15, -0.1) is 0 Å². The van der Waals surface area contributed by atoms with Crippen molar-refractivity contribution in [2.75, 3.05) is 13.7 Å². The van der Waals surface area contributed by atoms with Gasteiger partial charge in [-0.2, -0.15) is 4.72 Å². The standard InChI is InChI=1S/C23H27Cl2N3O6S/c1-14(2)10-20(23(31)27-13-21(29)34-3)28-35(32,33)17-7-4-15(5-8-17)12-26-22(30)18-9-6-16(24)11-19(18)25/h4-9,11,14,20,28H,10,12-13H2,1-3H3,(H,26,30)(H,27,31)/t20-/m0/s1. The zero-order chi connectivity index (χ0) is 26.2. The SMILES string of the molecule is COC(=O)CNC(=O)[C@H](CC(C)C)NS(=O)(=O)c1ccc(CNC(=O)c2ccc(Cl)cc2Cl)cc1. The summed E-state index contributed by atoms with van der Waals surface area (Å²) in [6.45, 7) is 3.45. The Morgan fingerprint density at radius 2 is 1.66 bits per heavy atom. The van der Waals surface area contributed by atoms with E-state index in [1.807, 2.05) is 13.8 Å². The molecule has 0 fully saturated rings. The zero-order valence-electron chi connectivity index (χ0n) is 19.4. The maximum atomic E-state index is 12.9. The minimum Gasteiger partial charge on any atom is -0.468 e. The lowest BCUT2D eigenvalue weighted by Crippen LogP contribution is -2.48. The molecule has 9 nitrogen and oxygen atoms in total. The number of hydrogen-bond acceptors (Lipinski definition) is 6. The van der Waals surface area contributed by atoms with Gasteiger partial charge in [0.05, 0.1) is 22.6 Å². The number of methoxy groups -OCH3 is 1. The Kier molecular flexibility index (Phi) is 10.5.